The average molecular weight is 755 g/mol. The molecule has 4 atom stereocenters. The number of nitrogens with zero attached hydrogens (tertiary/aromatic N) is 4. The number of ether oxygens (including phenoxy) is 3. The summed E-state index contributed by atoms with van der Waals surface area (Å²) >= 11 is 0. The number of nitrogens with one attached hydrogen (secondary N) is 4. The fourth-order valence-electron chi connectivity index (χ4n) is 7.23. The van der Waals surface area contributed by atoms with E-state index < -0.39 is 24.3 Å². The molecule has 2 saturated heterocycles. The third-order valence-corrected chi connectivity index (χ3v) is 10.2. The maximum Gasteiger partial charge on any atom is 0.407 e. The summed E-state index contributed by atoms with van der Waals surface area (Å²) in [4.78, 5) is 70.5. The van der Waals surface area contributed by atoms with Gasteiger partial charge in [0.2, 0.25) is 11.8 Å². The fourth-order valence-corrected chi connectivity index (χ4v) is 7.23. The zero-order valence-electron chi connectivity index (χ0n) is 32.1. The van der Waals surface area contributed by atoms with E-state index in [1.54, 1.807) is 22.2 Å². The van der Waals surface area contributed by atoms with Crippen LogP contribution in [0.15, 0.2) is 60.9 Å². The first-order valence-electron chi connectivity index (χ1n) is 18.8. The van der Waals surface area contributed by atoms with Crippen molar-refractivity contribution in [1.82, 2.24) is 40.4 Å². The minimum Gasteiger partial charge on any atom is -0.457 e. The second-order valence-electron chi connectivity index (χ2n) is 14.6. The lowest BCUT2D eigenvalue weighted by molar-refractivity contribution is -0.136. The molecule has 4 amide bonds. The van der Waals surface area contributed by atoms with Crippen LogP contribution in [0.1, 0.15) is 77.1 Å². The van der Waals surface area contributed by atoms with E-state index in [2.05, 4.69) is 30.6 Å². The van der Waals surface area contributed by atoms with Gasteiger partial charge in [-0.3, -0.25) is 9.59 Å². The fraction of sp³-hybridized carbons (Fsp3) is 0.450. The molecule has 4 aromatic rings. The van der Waals surface area contributed by atoms with Crippen LogP contribution in [0.5, 0.6) is 11.5 Å². The minimum absolute atomic E-state index is 0.111. The minimum atomic E-state index is -0.695. The Morgan fingerprint density at radius 1 is 0.655 bits per heavy atom. The topological polar surface area (TPSA) is 184 Å². The normalized spacial score (nSPS) is 18.0. The first-order valence-corrected chi connectivity index (χ1v) is 18.8. The number of alkyl carbamates (subject to hydrolysis) is 2. The van der Waals surface area contributed by atoms with Gasteiger partial charge in [-0.15, -0.1) is 0 Å². The molecule has 4 heterocycles. The number of imidazole rings is 2. The van der Waals surface area contributed by atoms with Gasteiger partial charge in [0.1, 0.15) is 35.2 Å². The van der Waals surface area contributed by atoms with Crippen LogP contribution in [-0.2, 0) is 19.1 Å². The van der Waals surface area contributed by atoms with Crippen molar-refractivity contribution in [2.24, 2.45) is 11.8 Å². The highest BCUT2D eigenvalue weighted by Crippen LogP contribution is 2.35. The molecule has 55 heavy (non-hydrogen) atoms. The van der Waals surface area contributed by atoms with Crippen molar-refractivity contribution in [3.63, 3.8) is 0 Å². The number of amides is 4. The van der Waals surface area contributed by atoms with Crippen molar-refractivity contribution < 1.29 is 33.4 Å². The van der Waals surface area contributed by atoms with E-state index in [0.29, 0.717) is 36.2 Å². The van der Waals surface area contributed by atoms with Gasteiger partial charge < -0.3 is 44.6 Å². The molecule has 0 radical (unpaired) electrons. The number of hydrogen-bond acceptors (Lipinski definition) is 9. The highest BCUT2D eigenvalue weighted by molar-refractivity contribution is 5.87. The third kappa shape index (κ3) is 8.76. The summed E-state index contributed by atoms with van der Waals surface area (Å²) in [7, 11) is 2.57. The average Bonchev–Trinajstić information content (AvgIpc) is 4.02. The molecular formula is C40H50N8O7. The lowest BCUT2D eigenvalue weighted by Gasteiger charge is -2.30. The molecule has 292 valence electrons. The molecule has 2 aliphatic rings. The number of aromatic nitrogens is 4. The quantitative estimate of drug-likeness (QED) is 0.128. The molecule has 15 heteroatoms. The van der Waals surface area contributed by atoms with E-state index in [9.17, 15) is 19.2 Å². The molecule has 1 unspecified atom stereocenters. The summed E-state index contributed by atoms with van der Waals surface area (Å²) in [5.41, 5.74) is 3.48. The van der Waals surface area contributed by atoms with E-state index in [1.165, 1.54) is 14.2 Å². The Labute approximate surface area is 320 Å². The Hall–Kier alpha value is -5.86. The number of likely N-dealkylation sites (tertiary alicyclic amines) is 2. The van der Waals surface area contributed by atoms with Crippen molar-refractivity contribution in [1.29, 1.82) is 0 Å². The molecular weight excluding hydrogens is 704 g/mol. The number of methoxy groups -OCH3 is 2. The van der Waals surface area contributed by atoms with Crippen LogP contribution < -0.4 is 15.4 Å². The molecule has 0 saturated carbocycles. The monoisotopic (exact) mass is 754 g/mol. The van der Waals surface area contributed by atoms with Gasteiger partial charge >= 0.3 is 12.2 Å². The van der Waals surface area contributed by atoms with E-state index in [-0.39, 0.29) is 35.7 Å². The van der Waals surface area contributed by atoms with Crippen molar-refractivity contribution in [3.05, 3.63) is 72.6 Å². The highest BCUT2D eigenvalue weighted by Gasteiger charge is 2.39. The van der Waals surface area contributed by atoms with Crippen LogP contribution in [0.25, 0.3) is 22.5 Å². The van der Waals surface area contributed by atoms with Crippen LogP contribution in [-0.4, -0.2) is 93.1 Å². The lowest BCUT2D eigenvalue weighted by atomic mass is 10.0. The second kappa shape index (κ2) is 17.1. The van der Waals surface area contributed by atoms with E-state index in [4.69, 9.17) is 14.2 Å². The molecule has 4 N–H and O–H groups in total. The zero-order chi connectivity index (χ0) is 39.2. The molecule has 2 fully saturated rings. The number of benzene rings is 2. The van der Waals surface area contributed by atoms with Crippen molar-refractivity contribution in [3.8, 4) is 34.0 Å². The van der Waals surface area contributed by atoms with E-state index in [0.717, 1.165) is 48.2 Å². The SMILES string of the molecule is COC(=O)N[C@H](C(=O)N1CCCC1c1ncc(-c2ccc(Oc3ccc(-c4cnc([C@@H]5CCCN5C(=O)[C@@H](NC(=O)OC)C(C)C)[nH]4)cc3)cc2)[nH]1)C(C)C. The number of carbonyl (C=O) groups is 4. The molecule has 0 bridgehead atoms. The summed E-state index contributed by atoms with van der Waals surface area (Å²) in [5.74, 6) is 2.21. The van der Waals surface area contributed by atoms with Gasteiger partial charge in [0.05, 0.1) is 50.1 Å². The Bertz CT molecular complexity index is 1820. The van der Waals surface area contributed by atoms with Gasteiger partial charge in [0.15, 0.2) is 0 Å². The van der Waals surface area contributed by atoms with Crippen LogP contribution in [0.2, 0.25) is 0 Å². The van der Waals surface area contributed by atoms with Gasteiger partial charge in [-0.1, -0.05) is 27.7 Å². The van der Waals surface area contributed by atoms with E-state index >= 15 is 0 Å². The van der Waals surface area contributed by atoms with Crippen molar-refractivity contribution >= 4 is 24.0 Å². The van der Waals surface area contributed by atoms with Crippen molar-refractivity contribution in [2.45, 2.75) is 77.5 Å². The third-order valence-electron chi connectivity index (χ3n) is 10.2. The van der Waals surface area contributed by atoms with Crippen LogP contribution in [0.3, 0.4) is 0 Å². The van der Waals surface area contributed by atoms with Crippen LogP contribution in [0, 0.1) is 11.8 Å². The van der Waals surface area contributed by atoms with Gasteiger partial charge in [-0.2, -0.15) is 0 Å². The van der Waals surface area contributed by atoms with Gasteiger partial charge in [-0.05, 0) is 97.2 Å². The number of rotatable bonds is 12. The smallest absolute Gasteiger partial charge is 0.407 e. The van der Waals surface area contributed by atoms with Gasteiger partial charge in [-0.25, -0.2) is 19.6 Å². The first kappa shape index (κ1) is 38.9. The summed E-state index contributed by atoms with van der Waals surface area (Å²) < 4.78 is 15.6. The predicted octanol–water partition coefficient (Wildman–Crippen LogP) is 6.35. The van der Waals surface area contributed by atoms with Crippen molar-refractivity contribution in [2.75, 3.05) is 27.3 Å². The summed E-state index contributed by atoms with van der Waals surface area (Å²) in [5, 5.41) is 5.37. The maximum atomic E-state index is 13.5. The first-order chi connectivity index (χ1) is 26.5. The number of H-pyrrole nitrogens is 2. The van der Waals surface area contributed by atoms with E-state index in [1.807, 2.05) is 76.2 Å². The summed E-state index contributed by atoms with van der Waals surface area (Å²) in [6.45, 7) is 8.74. The molecule has 0 aliphatic carbocycles. The maximum absolute atomic E-state index is 13.5. The largest absolute Gasteiger partial charge is 0.457 e. The Morgan fingerprint density at radius 3 is 1.38 bits per heavy atom. The molecule has 0 spiro atoms. The molecule has 15 nitrogen and oxygen atoms in total. The number of hydrogen-bond donors (Lipinski definition) is 4. The van der Waals surface area contributed by atoms with Crippen LogP contribution >= 0.6 is 0 Å². The van der Waals surface area contributed by atoms with Gasteiger partial charge in [0.25, 0.3) is 0 Å². The summed E-state index contributed by atoms with van der Waals surface area (Å²) in [6.07, 6.45) is 5.49. The Morgan fingerprint density at radius 2 is 1.04 bits per heavy atom. The number of carbonyl (C=O) groups excluding carboxylic acids is 4. The zero-order valence-corrected chi connectivity index (χ0v) is 32.1. The Balaban J connectivity index is 1.07. The van der Waals surface area contributed by atoms with Gasteiger partial charge in [0, 0.05) is 13.1 Å². The molecule has 2 aromatic heterocycles. The predicted molar refractivity (Wildman–Crippen MR) is 204 cm³/mol. The Kier molecular flexibility index (Phi) is 12.1. The lowest BCUT2D eigenvalue weighted by Crippen LogP contribution is -2.51. The molecule has 6 rings (SSSR count). The summed E-state index contributed by atoms with van der Waals surface area (Å²) in [6, 6.07) is 13.5. The standard InChI is InChI=1S/C40H50N8O7/c1-23(2)33(45-39(51)53-5)37(49)47-19-7-9-31(47)35-41-21-29(43-35)25-11-15-27(16-12-25)55-28-17-13-26(14-18-28)30-22-42-36(44-30)32-10-8-20-48(32)38(50)34(24(3)4)46-40(52)54-6/h11-18,21-24,31-34H,7-10,19-20H2,1-6H3,(H,41,43)(H,42,44)(H,45,51)(H,46,52)/t31-,32?,33-,34-/m0/s1. The second-order valence-corrected chi connectivity index (χ2v) is 14.6. The van der Waals surface area contributed by atoms with Crippen LogP contribution in [0.4, 0.5) is 9.59 Å². The molecule has 2 aromatic carbocycles. The molecule has 2 aliphatic heterocycles. The number of aromatic amines is 2. The highest BCUT2D eigenvalue weighted by atomic mass is 16.5.